The van der Waals surface area contributed by atoms with Crippen LogP contribution < -0.4 is 16.3 Å². The molecule has 3 N–H and O–H groups in total. The fourth-order valence-electron chi connectivity index (χ4n) is 2.16. The molecule has 2 aromatic rings. The second-order valence-corrected chi connectivity index (χ2v) is 4.05. The molecular formula is C13H10N4O. The SMILES string of the molecule is C=C(N)C1=c2c(n[nH]c2=C)-c2cccnc2C1=O. The fourth-order valence-corrected chi connectivity index (χ4v) is 2.16. The molecule has 5 nitrogen and oxygen atoms in total. The number of carbonyl (C=O) groups excluding carboxylic acids is 1. The van der Waals surface area contributed by atoms with Crippen molar-refractivity contribution in [3.8, 4) is 11.3 Å². The van der Waals surface area contributed by atoms with Gasteiger partial charge in [-0.3, -0.25) is 14.9 Å². The van der Waals surface area contributed by atoms with E-state index in [0.717, 1.165) is 0 Å². The molecule has 3 rings (SSSR count). The summed E-state index contributed by atoms with van der Waals surface area (Å²) in [6.07, 6.45) is 1.57. The van der Waals surface area contributed by atoms with Gasteiger partial charge in [0.2, 0.25) is 5.78 Å². The van der Waals surface area contributed by atoms with E-state index in [0.29, 0.717) is 33.1 Å². The van der Waals surface area contributed by atoms with E-state index in [1.54, 1.807) is 18.3 Å². The number of fused-ring (bicyclic) bond motifs is 3. The zero-order valence-electron chi connectivity index (χ0n) is 9.53. The van der Waals surface area contributed by atoms with Crippen molar-refractivity contribution in [2.75, 3.05) is 0 Å². The van der Waals surface area contributed by atoms with Gasteiger partial charge in [-0.25, -0.2) is 0 Å². The number of nitrogens with two attached hydrogens (primary N) is 1. The number of aromatic amines is 1. The van der Waals surface area contributed by atoms with Crippen LogP contribution in [-0.2, 0) is 0 Å². The lowest BCUT2D eigenvalue weighted by Crippen LogP contribution is -2.33. The number of nitrogens with one attached hydrogen (secondary N) is 1. The summed E-state index contributed by atoms with van der Waals surface area (Å²) in [5.74, 6) is -0.239. The number of ketones is 1. The van der Waals surface area contributed by atoms with Gasteiger partial charge in [-0.15, -0.1) is 0 Å². The average Bonchev–Trinajstić information content (AvgIpc) is 2.72. The Morgan fingerprint density at radius 1 is 1.39 bits per heavy atom. The third kappa shape index (κ3) is 1.18. The van der Waals surface area contributed by atoms with Crippen molar-refractivity contribution in [2.24, 2.45) is 5.73 Å². The van der Waals surface area contributed by atoms with Crippen LogP contribution in [0.2, 0.25) is 0 Å². The van der Waals surface area contributed by atoms with Crippen LogP contribution >= 0.6 is 0 Å². The molecule has 0 saturated heterocycles. The minimum Gasteiger partial charge on any atom is -0.399 e. The van der Waals surface area contributed by atoms with E-state index >= 15 is 0 Å². The number of allylic oxidation sites excluding steroid dienone is 1. The molecule has 0 aliphatic heterocycles. The van der Waals surface area contributed by atoms with Crippen LogP contribution in [0.25, 0.3) is 23.4 Å². The van der Waals surface area contributed by atoms with Gasteiger partial charge in [0.1, 0.15) is 11.4 Å². The first kappa shape index (κ1) is 10.5. The summed E-state index contributed by atoms with van der Waals surface area (Å²) in [6, 6.07) is 3.56. The van der Waals surface area contributed by atoms with Gasteiger partial charge in [0.05, 0.1) is 10.9 Å². The number of H-pyrrole nitrogens is 1. The zero-order valence-corrected chi connectivity index (χ0v) is 9.53. The maximum Gasteiger partial charge on any atom is 0.214 e. The van der Waals surface area contributed by atoms with Gasteiger partial charge in [0.15, 0.2) is 0 Å². The highest BCUT2D eigenvalue weighted by molar-refractivity contribution is 6.31. The summed E-state index contributed by atoms with van der Waals surface area (Å²) in [4.78, 5) is 16.5. The van der Waals surface area contributed by atoms with Gasteiger partial charge in [0, 0.05) is 22.7 Å². The summed E-state index contributed by atoms with van der Waals surface area (Å²) in [5.41, 5.74) is 7.91. The second-order valence-electron chi connectivity index (χ2n) is 4.05. The summed E-state index contributed by atoms with van der Waals surface area (Å²) >= 11 is 0. The number of carbonyl (C=O) groups is 1. The fraction of sp³-hybridized carbons (Fsp3) is 0. The monoisotopic (exact) mass is 238 g/mol. The molecular weight excluding hydrogens is 228 g/mol. The summed E-state index contributed by atoms with van der Waals surface area (Å²) in [5, 5.41) is 8.10. The number of hydrogen-bond acceptors (Lipinski definition) is 4. The summed E-state index contributed by atoms with van der Waals surface area (Å²) in [7, 11) is 0. The van der Waals surface area contributed by atoms with E-state index in [9.17, 15) is 4.79 Å². The van der Waals surface area contributed by atoms with Crippen LogP contribution in [0.1, 0.15) is 10.5 Å². The molecule has 18 heavy (non-hydrogen) atoms. The Bertz CT molecular complexity index is 801. The summed E-state index contributed by atoms with van der Waals surface area (Å²) < 4.78 is 0. The van der Waals surface area contributed by atoms with Crippen LogP contribution in [0.4, 0.5) is 0 Å². The van der Waals surface area contributed by atoms with Crippen LogP contribution in [-0.4, -0.2) is 21.0 Å². The number of aromatic nitrogens is 3. The molecule has 0 saturated carbocycles. The molecule has 2 heterocycles. The van der Waals surface area contributed by atoms with Gasteiger partial charge in [-0.1, -0.05) is 13.2 Å². The third-order valence-corrected chi connectivity index (χ3v) is 2.92. The average molecular weight is 238 g/mol. The number of nitrogens with zero attached hydrogens (tertiary/aromatic N) is 2. The minimum atomic E-state index is -0.239. The molecule has 0 radical (unpaired) electrons. The number of Topliss-reactive ketones (excluding diaryl/α,β-unsaturated/α-hetero) is 1. The van der Waals surface area contributed by atoms with E-state index in [-0.39, 0.29) is 11.5 Å². The lowest BCUT2D eigenvalue weighted by Gasteiger charge is -2.13. The Morgan fingerprint density at radius 2 is 2.17 bits per heavy atom. The molecule has 0 atom stereocenters. The highest BCUT2D eigenvalue weighted by Crippen LogP contribution is 2.25. The lowest BCUT2D eigenvalue weighted by molar-refractivity contribution is 0.105. The molecule has 1 aliphatic rings. The van der Waals surface area contributed by atoms with Crippen molar-refractivity contribution in [2.45, 2.75) is 0 Å². The zero-order chi connectivity index (χ0) is 12.9. The molecule has 0 spiro atoms. The molecule has 1 aliphatic carbocycles. The van der Waals surface area contributed by atoms with Crippen LogP contribution in [0.5, 0.6) is 0 Å². The van der Waals surface area contributed by atoms with E-state index < -0.39 is 0 Å². The number of hydrogen-bond donors (Lipinski definition) is 2. The largest absolute Gasteiger partial charge is 0.399 e. The van der Waals surface area contributed by atoms with Gasteiger partial charge < -0.3 is 5.73 Å². The van der Waals surface area contributed by atoms with Crippen molar-refractivity contribution < 1.29 is 4.79 Å². The van der Waals surface area contributed by atoms with Crippen LogP contribution in [0, 0.1) is 0 Å². The van der Waals surface area contributed by atoms with E-state index in [2.05, 4.69) is 28.3 Å². The standard InChI is InChI=1S/C13H10N4O/c1-6(14)9-10-7(2)16-17-11(10)8-4-3-5-15-12(8)13(9)18/h3-5,16H,1-2,14H2. The molecule has 2 aromatic heterocycles. The van der Waals surface area contributed by atoms with E-state index in [1.165, 1.54) is 0 Å². The van der Waals surface area contributed by atoms with Crippen LogP contribution in [0.15, 0.2) is 30.6 Å². The maximum absolute atomic E-state index is 12.4. The third-order valence-electron chi connectivity index (χ3n) is 2.92. The predicted molar refractivity (Wildman–Crippen MR) is 67.7 cm³/mol. The van der Waals surface area contributed by atoms with Crippen molar-refractivity contribution >= 4 is 17.9 Å². The first-order valence-electron chi connectivity index (χ1n) is 5.33. The molecule has 5 heteroatoms. The van der Waals surface area contributed by atoms with Crippen LogP contribution in [0.3, 0.4) is 0 Å². The highest BCUT2D eigenvalue weighted by atomic mass is 16.1. The summed E-state index contributed by atoms with van der Waals surface area (Å²) in [6.45, 7) is 7.47. The predicted octanol–water partition coefficient (Wildman–Crippen LogP) is -0.299. The first-order chi connectivity index (χ1) is 8.61. The lowest BCUT2D eigenvalue weighted by atomic mass is 9.92. The quantitative estimate of drug-likeness (QED) is 0.714. The number of rotatable bonds is 1. The van der Waals surface area contributed by atoms with Gasteiger partial charge in [0.25, 0.3) is 0 Å². The van der Waals surface area contributed by atoms with Crippen molar-refractivity contribution in [3.05, 3.63) is 46.9 Å². The van der Waals surface area contributed by atoms with Gasteiger partial charge >= 0.3 is 0 Å². The first-order valence-corrected chi connectivity index (χ1v) is 5.33. The Labute approximate surface area is 102 Å². The number of pyridine rings is 1. The maximum atomic E-state index is 12.4. The Kier molecular flexibility index (Phi) is 1.98. The van der Waals surface area contributed by atoms with E-state index in [1.807, 2.05) is 0 Å². The normalized spacial score (nSPS) is 13.1. The molecule has 0 aromatic carbocycles. The Hall–Kier alpha value is -2.69. The van der Waals surface area contributed by atoms with E-state index in [4.69, 9.17) is 5.73 Å². The van der Waals surface area contributed by atoms with Crippen molar-refractivity contribution in [1.29, 1.82) is 0 Å². The molecule has 0 amide bonds. The van der Waals surface area contributed by atoms with Gasteiger partial charge in [-0.2, -0.15) is 5.10 Å². The van der Waals surface area contributed by atoms with Crippen molar-refractivity contribution in [1.82, 2.24) is 15.2 Å². The molecule has 0 fully saturated rings. The topological polar surface area (TPSA) is 84.7 Å². The highest BCUT2D eigenvalue weighted by Gasteiger charge is 2.28. The molecule has 0 unspecified atom stereocenters. The Balaban J connectivity index is 2.57. The molecule has 88 valence electrons. The van der Waals surface area contributed by atoms with Gasteiger partial charge in [-0.05, 0) is 12.1 Å². The van der Waals surface area contributed by atoms with Crippen molar-refractivity contribution in [3.63, 3.8) is 0 Å². The second kappa shape index (κ2) is 3.40. The minimum absolute atomic E-state index is 0.198. The molecule has 0 bridgehead atoms. The smallest absolute Gasteiger partial charge is 0.214 e. The Morgan fingerprint density at radius 3 is 2.89 bits per heavy atom.